The molecule has 0 aromatic carbocycles. The predicted molar refractivity (Wildman–Crippen MR) is 72.0 cm³/mol. The third kappa shape index (κ3) is 3.01. The van der Waals surface area contributed by atoms with Crippen LogP contribution in [-0.2, 0) is 0 Å². The molecule has 1 aliphatic carbocycles. The number of nitrogen functional groups attached to an aromatic ring is 1. The standard InChI is InChI=1S/C12H21N5O/c1-17(2)7-6-14-11-9(13)12(18-3)16-10(15-11)8-4-5-8/h8H,4-7,13H2,1-3H3,(H,14,15,16). The molecule has 1 aliphatic rings. The van der Waals surface area contributed by atoms with Gasteiger partial charge in [-0.05, 0) is 26.9 Å². The largest absolute Gasteiger partial charge is 0.479 e. The third-order valence-corrected chi connectivity index (χ3v) is 2.92. The predicted octanol–water partition coefficient (Wildman–Crippen LogP) is 0.918. The average molecular weight is 251 g/mol. The molecule has 1 heterocycles. The van der Waals surface area contributed by atoms with Crippen molar-refractivity contribution < 1.29 is 4.74 Å². The summed E-state index contributed by atoms with van der Waals surface area (Å²) in [5, 5.41) is 3.24. The van der Waals surface area contributed by atoms with Gasteiger partial charge < -0.3 is 20.7 Å². The molecule has 0 unspecified atom stereocenters. The molecule has 0 aliphatic heterocycles. The Morgan fingerprint density at radius 2 is 2.11 bits per heavy atom. The van der Waals surface area contributed by atoms with Crippen LogP contribution in [0.15, 0.2) is 0 Å². The van der Waals surface area contributed by atoms with Crippen molar-refractivity contribution in [1.82, 2.24) is 14.9 Å². The summed E-state index contributed by atoms with van der Waals surface area (Å²) >= 11 is 0. The second-order valence-corrected chi connectivity index (χ2v) is 4.86. The Hall–Kier alpha value is -1.56. The zero-order valence-corrected chi connectivity index (χ0v) is 11.2. The number of nitrogens with zero attached hydrogens (tertiary/aromatic N) is 3. The van der Waals surface area contributed by atoms with Gasteiger partial charge in [0.2, 0.25) is 5.88 Å². The van der Waals surface area contributed by atoms with Gasteiger partial charge in [-0.25, -0.2) is 4.98 Å². The first-order chi connectivity index (χ1) is 8.61. The summed E-state index contributed by atoms with van der Waals surface area (Å²) in [5.74, 6) is 2.48. The Kier molecular flexibility index (Phi) is 3.86. The van der Waals surface area contributed by atoms with Gasteiger partial charge in [-0.2, -0.15) is 4.98 Å². The van der Waals surface area contributed by atoms with Gasteiger partial charge in [-0.3, -0.25) is 0 Å². The normalized spacial score (nSPS) is 14.9. The van der Waals surface area contributed by atoms with E-state index in [1.165, 1.54) is 0 Å². The number of rotatable bonds is 6. The molecule has 0 saturated heterocycles. The summed E-state index contributed by atoms with van der Waals surface area (Å²) in [6.07, 6.45) is 2.31. The second kappa shape index (κ2) is 5.39. The van der Waals surface area contributed by atoms with Crippen molar-refractivity contribution in [3.63, 3.8) is 0 Å². The van der Waals surface area contributed by atoms with E-state index in [-0.39, 0.29) is 0 Å². The van der Waals surface area contributed by atoms with Crippen molar-refractivity contribution >= 4 is 11.5 Å². The number of nitrogens with two attached hydrogens (primary N) is 1. The summed E-state index contributed by atoms with van der Waals surface area (Å²) in [4.78, 5) is 10.9. The van der Waals surface area contributed by atoms with Gasteiger partial charge in [0.1, 0.15) is 11.5 Å². The molecule has 18 heavy (non-hydrogen) atoms. The molecule has 0 radical (unpaired) electrons. The fraction of sp³-hybridized carbons (Fsp3) is 0.667. The highest BCUT2D eigenvalue weighted by Gasteiger charge is 2.28. The van der Waals surface area contributed by atoms with Crippen LogP contribution >= 0.6 is 0 Å². The summed E-state index contributed by atoms with van der Waals surface area (Å²) in [6, 6.07) is 0. The van der Waals surface area contributed by atoms with Gasteiger partial charge in [0, 0.05) is 19.0 Å². The van der Waals surface area contributed by atoms with Crippen molar-refractivity contribution in [3.05, 3.63) is 5.82 Å². The van der Waals surface area contributed by atoms with E-state index in [0.717, 1.165) is 31.8 Å². The lowest BCUT2D eigenvalue weighted by Gasteiger charge is -2.14. The van der Waals surface area contributed by atoms with Gasteiger partial charge in [0.15, 0.2) is 5.82 Å². The highest BCUT2D eigenvalue weighted by molar-refractivity contribution is 5.67. The minimum atomic E-state index is 0.472. The Morgan fingerprint density at radius 3 is 2.67 bits per heavy atom. The zero-order valence-electron chi connectivity index (χ0n) is 11.2. The lowest BCUT2D eigenvalue weighted by Crippen LogP contribution is -2.22. The first-order valence-electron chi connectivity index (χ1n) is 6.21. The minimum Gasteiger partial charge on any atom is -0.479 e. The lowest BCUT2D eigenvalue weighted by atomic mass is 10.3. The molecule has 0 amide bonds. The van der Waals surface area contributed by atoms with Crippen LogP contribution in [0.2, 0.25) is 0 Å². The SMILES string of the molecule is COc1nc(C2CC2)nc(NCCN(C)C)c1N. The van der Waals surface area contributed by atoms with Crippen LogP contribution in [0.3, 0.4) is 0 Å². The third-order valence-electron chi connectivity index (χ3n) is 2.92. The van der Waals surface area contributed by atoms with Gasteiger partial charge in [-0.1, -0.05) is 0 Å². The molecule has 6 heteroatoms. The van der Waals surface area contributed by atoms with E-state index in [0.29, 0.717) is 23.3 Å². The van der Waals surface area contributed by atoms with Crippen molar-refractivity contribution in [1.29, 1.82) is 0 Å². The highest BCUT2D eigenvalue weighted by atomic mass is 16.5. The van der Waals surface area contributed by atoms with Crippen LogP contribution in [0.1, 0.15) is 24.6 Å². The number of hydrogen-bond donors (Lipinski definition) is 2. The first kappa shape index (κ1) is 12.9. The molecule has 3 N–H and O–H groups in total. The van der Waals surface area contributed by atoms with Gasteiger partial charge in [-0.15, -0.1) is 0 Å². The van der Waals surface area contributed by atoms with E-state index >= 15 is 0 Å². The number of hydrogen-bond acceptors (Lipinski definition) is 6. The fourth-order valence-electron chi connectivity index (χ4n) is 1.68. The quantitative estimate of drug-likeness (QED) is 0.783. The lowest BCUT2D eigenvalue weighted by molar-refractivity contribution is 0.397. The number of aromatic nitrogens is 2. The Morgan fingerprint density at radius 1 is 1.39 bits per heavy atom. The molecular weight excluding hydrogens is 230 g/mol. The maximum Gasteiger partial charge on any atom is 0.242 e. The number of ether oxygens (including phenoxy) is 1. The minimum absolute atomic E-state index is 0.472. The molecule has 1 aromatic rings. The molecule has 0 spiro atoms. The van der Waals surface area contributed by atoms with E-state index in [9.17, 15) is 0 Å². The fourth-order valence-corrected chi connectivity index (χ4v) is 1.68. The first-order valence-corrected chi connectivity index (χ1v) is 6.21. The molecule has 1 fully saturated rings. The van der Waals surface area contributed by atoms with Crippen LogP contribution in [-0.4, -0.2) is 49.2 Å². The van der Waals surface area contributed by atoms with Crippen LogP contribution in [0.4, 0.5) is 11.5 Å². The molecule has 0 bridgehead atoms. The van der Waals surface area contributed by atoms with Gasteiger partial charge in [0.05, 0.1) is 7.11 Å². The van der Waals surface area contributed by atoms with E-state index in [1.807, 2.05) is 14.1 Å². The summed E-state index contributed by atoms with van der Waals surface area (Å²) in [7, 11) is 5.64. The maximum atomic E-state index is 5.97. The van der Waals surface area contributed by atoms with Crippen molar-refractivity contribution in [2.75, 3.05) is 45.3 Å². The van der Waals surface area contributed by atoms with Crippen LogP contribution < -0.4 is 15.8 Å². The average Bonchev–Trinajstić information content (AvgIpc) is 3.15. The molecule has 6 nitrogen and oxygen atoms in total. The molecule has 0 atom stereocenters. The smallest absolute Gasteiger partial charge is 0.242 e. The molecule has 1 aromatic heterocycles. The molecule has 1 saturated carbocycles. The number of likely N-dealkylation sites (N-methyl/N-ethyl adjacent to an activating group) is 1. The zero-order chi connectivity index (χ0) is 13.1. The van der Waals surface area contributed by atoms with Gasteiger partial charge >= 0.3 is 0 Å². The molecule has 2 rings (SSSR count). The monoisotopic (exact) mass is 251 g/mol. The van der Waals surface area contributed by atoms with E-state index < -0.39 is 0 Å². The number of methoxy groups -OCH3 is 1. The molecular formula is C12H21N5O. The van der Waals surface area contributed by atoms with Crippen LogP contribution in [0.5, 0.6) is 5.88 Å². The van der Waals surface area contributed by atoms with Crippen molar-refractivity contribution in [2.45, 2.75) is 18.8 Å². The van der Waals surface area contributed by atoms with Crippen molar-refractivity contribution in [2.24, 2.45) is 0 Å². The molecule has 100 valence electrons. The number of anilines is 2. The van der Waals surface area contributed by atoms with E-state index in [1.54, 1.807) is 7.11 Å². The van der Waals surface area contributed by atoms with Gasteiger partial charge in [0.25, 0.3) is 0 Å². The topological polar surface area (TPSA) is 76.3 Å². The Bertz CT molecular complexity index is 417. The summed E-state index contributed by atoms with van der Waals surface area (Å²) in [5.41, 5.74) is 6.46. The van der Waals surface area contributed by atoms with Crippen LogP contribution in [0.25, 0.3) is 0 Å². The Balaban J connectivity index is 2.13. The van der Waals surface area contributed by atoms with E-state index in [2.05, 4.69) is 20.2 Å². The summed E-state index contributed by atoms with van der Waals surface area (Å²) in [6.45, 7) is 1.71. The number of nitrogens with one attached hydrogen (secondary N) is 1. The highest BCUT2D eigenvalue weighted by Crippen LogP contribution is 2.40. The summed E-state index contributed by atoms with van der Waals surface area (Å²) < 4.78 is 5.21. The Labute approximate surface area is 108 Å². The maximum absolute atomic E-state index is 5.97. The van der Waals surface area contributed by atoms with Crippen LogP contribution in [0, 0.1) is 0 Å². The second-order valence-electron chi connectivity index (χ2n) is 4.86. The van der Waals surface area contributed by atoms with Crippen molar-refractivity contribution in [3.8, 4) is 5.88 Å². The van der Waals surface area contributed by atoms with E-state index in [4.69, 9.17) is 10.5 Å².